The molecule has 7 aromatic rings. The van der Waals surface area contributed by atoms with Gasteiger partial charge in [-0.05, 0) is 83.2 Å². The third-order valence-corrected chi connectivity index (χ3v) is 9.53. The molecule has 7 rings (SSSR count). The summed E-state index contributed by atoms with van der Waals surface area (Å²) in [5.74, 6) is 0.618. The minimum atomic E-state index is -0.445. The minimum absolute atomic E-state index is 0.0347. The van der Waals surface area contributed by atoms with Gasteiger partial charge >= 0.3 is 12.0 Å². The Bertz CT molecular complexity index is 2470. The summed E-state index contributed by atoms with van der Waals surface area (Å²) in [4.78, 5) is 34.9. The van der Waals surface area contributed by atoms with Crippen molar-refractivity contribution in [3.63, 3.8) is 0 Å². The van der Waals surface area contributed by atoms with Crippen LogP contribution in [0.3, 0.4) is 0 Å². The highest BCUT2D eigenvalue weighted by atomic mass is 19.1. The summed E-state index contributed by atoms with van der Waals surface area (Å²) >= 11 is 0. The van der Waals surface area contributed by atoms with Crippen LogP contribution < -0.4 is 20.9 Å². The van der Waals surface area contributed by atoms with Gasteiger partial charge in [0.05, 0.1) is 37.8 Å². The van der Waals surface area contributed by atoms with E-state index in [9.17, 15) is 4.39 Å². The van der Waals surface area contributed by atoms with Gasteiger partial charge in [-0.25, -0.2) is 14.4 Å². The molecule has 0 saturated heterocycles. The van der Waals surface area contributed by atoms with Crippen molar-refractivity contribution in [2.24, 2.45) is 0 Å². The first-order chi connectivity index (χ1) is 28.3. The van der Waals surface area contributed by atoms with Crippen LogP contribution in [0, 0.1) is 5.82 Å². The van der Waals surface area contributed by atoms with Crippen molar-refractivity contribution >= 4 is 34.0 Å². The maximum atomic E-state index is 14.0. The van der Waals surface area contributed by atoms with Gasteiger partial charge in [-0.3, -0.25) is 4.98 Å². The van der Waals surface area contributed by atoms with Crippen molar-refractivity contribution in [1.82, 2.24) is 53.8 Å². The van der Waals surface area contributed by atoms with E-state index in [0.717, 1.165) is 37.7 Å². The highest BCUT2D eigenvalue weighted by Crippen LogP contribution is 2.29. The number of hydrogen-bond acceptors (Lipinski definition) is 13. The van der Waals surface area contributed by atoms with Gasteiger partial charge in [0.2, 0.25) is 0 Å². The Morgan fingerprint density at radius 3 is 1.69 bits per heavy atom. The first-order valence-corrected chi connectivity index (χ1v) is 19.7. The third-order valence-electron chi connectivity index (χ3n) is 9.53. The molecule has 310 valence electrons. The molecule has 5 heterocycles. The number of nitrogen functional groups attached to an aromatic ring is 2. The molecule has 59 heavy (non-hydrogen) atoms. The molecule has 2 aromatic carbocycles. The third kappa shape index (κ3) is 10.8. The molecule has 0 amide bonds. The minimum Gasteiger partial charge on any atom is -0.460 e. The Balaban J connectivity index is 0.000000204. The van der Waals surface area contributed by atoms with E-state index in [1.54, 1.807) is 12.5 Å². The number of pyridine rings is 1. The van der Waals surface area contributed by atoms with Crippen molar-refractivity contribution in [1.29, 1.82) is 0 Å². The van der Waals surface area contributed by atoms with Gasteiger partial charge < -0.3 is 39.9 Å². The van der Waals surface area contributed by atoms with E-state index in [1.807, 2.05) is 44.0 Å². The number of fused-ring (bicyclic) bond motifs is 2. The van der Waals surface area contributed by atoms with E-state index >= 15 is 0 Å². The number of nitrogens with two attached hydrogens (primary N) is 2. The molecule has 0 radical (unpaired) electrons. The molecule has 0 aliphatic carbocycles. The molecular formula is C43H54FN13O2. The summed E-state index contributed by atoms with van der Waals surface area (Å²) in [6.07, 6.45) is 6.13. The highest BCUT2D eigenvalue weighted by Gasteiger charge is 2.20. The predicted octanol–water partition coefficient (Wildman–Crippen LogP) is 6.59. The molecule has 0 saturated carbocycles. The maximum Gasteiger partial charge on any atom is 0.320 e. The van der Waals surface area contributed by atoms with E-state index in [2.05, 4.69) is 114 Å². The Hall–Kier alpha value is -6.26. The number of halogens is 1. The van der Waals surface area contributed by atoms with Gasteiger partial charge in [-0.1, -0.05) is 62.4 Å². The Morgan fingerprint density at radius 1 is 0.661 bits per heavy atom. The lowest BCUT2D eigenvalue weighted by atomic mass is 10.1. The van der Waals surface area contributed by atoms with E-state index in [-0.39, 0.29) is 24.0 Å². The normalized spacial score (nSPS) is 12.5. The largest absolute Gasteiger partial charge is 0.460 e. The van der Waals surface area contributed by atoms with Crippen LogP contribution in [0.4, 0.5) is 16.0 Å². The smallest absolute Gasteiger partial charge is 0.320 e. The zero-order valence-corrected chi connectivity index (χ0v) is 35.1. The average Bonchev–Trinajstić information content (AvgIpc) is 3.77. The fourth-order valence-corrected chi connectivity index (χ4v) is 6.21. The molecule has 0 aliphatic rings. The van der Waals surface area contributed by atoms with Gasteiger partial charge in [-0.15, -0.1) is 0 Å². The standard InChI is InChI=1S/C24H28FN7O.C19H26N6O/c1-5-15(2)33-24-29-21(26)20-23(30-24)32(22(28-20)18-10-19(25)12-27-11-18)14-17-8-6-16(7-9-17)13-31(3)4;1-5-13(2)26-19-22-17(20)16-18(23-19)25(12-21-16)11-15-8-6-14(7-9-15)10-24(3)4/h6-12,15H,5,13-14H2,1-4H3,(H2,26,29,30);6-9,12-13H,5,10-11H2,1-4H3,(H2,20,22,23). The van der Waals surface area contributed by atoms with Crippen molar-refractivity contribution < 1.29 is 13.9 Å². The molecule has 0 aliphatic heterocycles. The van der Waals surface area contributed by atoms with Gasteiger partial charge in [-0.2, -0.15) is 19.9 Å². The molecule has 0 bridgehead atoms. The topological polar surface area (TPSA) is 177 Å². The van der Waals surface area contributed by atoms with Crippen LogP contribution in [0.25, 0.3) is 33.7 Å². The van der Waals surface area contributed by atoms with Gasteiger partial charge in [0.1, 0.15) is 11.6 Å². The number of benzene rings is 2. The lowest BCUT2D eigenvalue weighted by Crippen LogP contribution is -2.13. The van der Waals surface area contributed by atoms with E-state index in [0.29, 0.717) is 58.6 Å². The van der Waals surface area contributed by atoms with Crippen molar-refractivity contribution in [3.05, 3.63) is 101 Å². The SMILES string of the molecule is CCC(C)Oc1nc(N)c2nc(-c3cncc(F)c3)n(Cc3ccc(CN(C)C)cc3)c2n1.CCC(C)Oc1nc(N)c2ncn(Cc3ccc(CN(C)C)cc3)c2n1. The molecule has 0 fully saturated rings. The number of aromatic nitrogens is 9. The molecule has 2 unspecified atom stereocenters. The van der Waals surface area contributed by atoms with Crippen LogP contribution >= 0.6 is 0 Å². The summed E-state index contributed by atoms with van der Waals surface area (Å²) in [5, 5.41) is 0. The first-order valence-electron chi connectivity index (χ1n) is 19.7. The summed E-state index contributed by atoms with van der Waals surface area (Å²) in [6.45, 7) is 10.9. The fourth-order valence-electron chi connectivity index (χ4n) is 6.21. The van der Waals surface area contributed by atoms with Gasteiger partial charge in [0.25, 0.3) is 0 Å². The molecule has 5 aromatic heterocycles. The number of anilines is 2. The summed E-state index contributed by atoms with van der Waals surface area (Å²) < 4.78 is 29.4. The van der Waals surface area contributed by atoms with Crippen molar-refractivity contribution in [2.75, 3.05) is 39.7 Å². The second kappa shape index (κ2) is 19.0. The summed E-state index contributed by atoms with van der Waals surface area (Å²) in [6, 6.07) is 18.8. The first kappa shape index (κ1) is 42.3. The number of nitrogens with zero attached hydrogens (tertiary/aromatic N) is 11. The zero-order chi connectivity index (χ0) is 42.2. The molecular weight excluding hydrogens is 750 g/mol. The Kier molecular flexibility index (Phi) is 13.6. The second-order valence-corrected chi connectivity index (χ2v) is 15.2. The van der Waals surface area contributed by atoms with E-state index in [4.69, 9.17) is 20.9 Å². The quantitative estimate of drug-likeness (QED) is 0.114. The van der Waals surface area contributed by atoms with Crippen molar-refractivity contribution in [3.8, 4) is 23.4 Å². The van der Waals surface area contributed by atoms with Crippen LogP contribution in [0.15, 0.2) is 73.3 Å². The van der Waals surface area contributed by atoms with Crippen LogP contribution in [0.5, 0.6) is 12.0 Å². The predicted molar refractivity (Wildman–Crippen MR) is 229 cm³/mol. The number of ether oxygens (including phenoxy) is 2. The fraction of sp³-hybridized carbons (Fsp3) is 0.372. The van der Waals surface area contributed by atoms with Crippen molar-refractivity contribution in [2.45, 2.75) is 78.9 Å². The second-order valence-electron chi connectivity index (χ2n) is 15.2. The van der Waals surface area contributed by atoms with Crippen LogP contribution in [0.1, 0.15) is 62.8 Å². The number of rotatable bonds is 15. The van der Waals surface area contributed by atoms with Crippen LogP contribution in [0.2, 0.25) is 0 Å². The zero-order valence-electron chi connectivity index (χ0n) is 35.1. The number of hydrogen-bond donors (Lipinski definition) is 2. The molecule has 2 atom stereocenters. The van der Waals surface area contributed by atoms with Gasteiger partial charge in [0.15, 0.2) is 34.0 Å². The summed E-state index contributed by atoms with van der Waals surface area (Å²) in [5.41, 5.74) is 19.8. The molecule has 15 nitrogen and oxygen atoms in total. The molecule has 16 heteroatoms. The number of imidazole rings is 2. The van der Waals surface area contributed by atoms with Crippen LogP contribution in [-0.4, -0.2) is 94.2 Å². The van der Waals surface area contributed by atoms with Gasteiger partial charge in [0, 0.05) is 24.8 Å². The molecule has 0 spiro atoms. The molecule has 4 N–H and O–H groups in total. The highest BCUT2D eigenvalue weighted by molar-refractivity contribution is 5.86. The maximum absolute atomic E-state index is 14.0. The average molecular weight is 804 g/mol. The lowest BCUT2D eigenvalue weighted by molar-refractivity contribution is 0.200. The Labute approximate surface area is 344 Å². The van der Waals surface area contributed by atoms with Crippen LogP contribution in [-0.2, 0) is 26.2 Å². The monoisotopic (exact) mass is 803 g/mol. The van der Waals surface area contributed by atoms with E-state index < -0.39 is 5.82 Å². The lowest BCUT2D eigenvalue weighted by Gasteiger charge is -2.13. The summed E-state index contributed by atoms with van der Waals surface area (Å²) in [7, 11) is 8.20. The van der Waals surface area contributed by atoms with E-state index in [1.165, 1.54) is 22.8 Å². The Morgan fingerprint density at radius 2 is 1.17 bits per heavy atom.